The van der Waals surface area contributed by atoms with Crippen molar-refractivity contribution in [2.24, 2.45) is 5.73 Å². The van der Waals surface area contributed by atoms with Crippen molar-refractivity contribution >= 4 is 28.8 Å². The first-order valence-corrected chi connectivity index (χ1v) is 11.7. The molecule has 1 aliphatic heterocycles. The lowest BCUT2D eigenvalue weighted by atomic mass is 9.98. The summed E-state index contributed by atoms with van der Waals surface area (Å²) in [5.74, 6) is -0.419. The van der Waals surface area contributed by atoms with Crippen molar-refractivity contribution in [3.63, 3.8) is 0 Å². The molecule has 0 aliphatic carbocycles. The van der Waals surface area contributed by atoms with Crippen LogP contribution >= 0.6 is 0 Å². The highest BCUT2D eigenvalue weighted by Crippen LogP contribution is 2.48. The normalized spacial score (nSPS) is 13.9. The van der Waals surface area contributed by atoms with Gasteiger partial charge in [-0.25, -0.2) is 9.78 Å². The number of nitrogens with one attached hydrogen (secondary N) is 1. The van der Waals surface area contributed by atoms with Gasteiger partial charge in [-0.05, 0) is 33.6 Å². The Morgan fingerprint density at radius 1 is 1.14 bits per heavy atom. The monoisotopic (exact) mass is 496 g/mol. The molecule has 0 saturated carbocycles. The van der Waals surface area contributed by atoms with E-state index in [1.165, 1.54) is 17.8 Å². The summed E-state index contributed by atoms with van der Waals surface area (Å²) in [5.41, 5.74) is 6.62. The number of benzene rings is 2. The molecule has 0 bridgehead atoms. The van der Waals surface area contributed by atoms with E-state index < -0.39 is 29.7 Å². The number of nitrogens with zero attached hydrogens (tertiary/aromatic N) is 1. The minimum absolute atomic E-state index is 0.00351. The Balaban J connectivity index is 1.65. The van der Waals surface area contributed by atoms with Gasteiger partial charge < -0.3 is 24.7 Å². The zero-order chi connectivity index (χ0) is 26.0. The second kappa shape index (κ2) is 9.98. The molecule has 3 N–H and O–H groups in total. The highest BCUT2D eigenvalue weighted by atomic mass is 16.6. The van der Waals surface area contributed by atoms with Crippen LogP contribution in [0.2, 0.25) is 0 Å². The molecular weight excluding hydrogens is 466 g/mol. The fourth-order valence-corrected chi connectivity index (χ4v) is 4.06. The average molecular weight is 497 g/mol. The molecule has 1 atom stereocenters. The molecular formula is C26H30N3O7+. The molecule has 3 aromatic rings. The summed E-state index contributed by atoms with van der Waals surface area (Å²) in [6.45, 7) is 7.10. The van der Waals surface area contributed by atoms with E-state index in [0.29, 0.717) is 35.4 Å². The van der Waals surface area contributed by atoms with Gasteiger partial charge >= 0.3 is 18.0 Å². The summed E-state index contributed by atoms with van der Waals surface area (Å²) in [4.78, 5) is 40.4. The minimum Gasteiger partial charge on any atom is -0.492 e. The fraction of sp³-hybridized carbons (Fsp3) is 0.385. The van der Waals surface area contributed by atoms with Crippen LogP contribution in [-0.2, 0) is 27.2 Å². The maximum Gasteiger partial charge on any atom is 0.512 e. The molecule has 36 heavy (non-hydrogen) atoms. The van der Waals surface area contributed by atoms with Gasteiger partial charge in [0.15, 0.2) is 17.2 Å². The summed E-state index contributed by atoms with van der Waals surface area (Å²) in [5, 5.41) is 1.30. The number of fused-ring (bicyclic) bond motifs is 3. The van der Waals surface area contributed by atoms with Crippen LogP contribution in [0.4, 0.5) is 4.79 Å². The van der Waals surface area contributed by atoms with Gasteiger partial charge in [0.25, 0.3) is 6.33 Å². The molecule has 1 unspecified atom stereocenters. The number of aromatic nitrogens is 2. The zero-order valence-electron chi connectivity index (χ0n) is 20.8. The van der Waals surface area contributed by atoms with Crippen molar-refractivity contribution in [1.29, 1.82) is 0 Å². The van der Waals surface area contributed by atoms with Crippen molar-refractivity contribution in [3.8, 4) is 17.2 Å². The van der Waals surface area contributed by atoms with Crippen molar-refractivity contribution < 1.29 is 38.3 Å². The van der Waals surface area contributed by atoms with Gasteiger partial charge in [-0.2, -0.15) is 4.79 Å². The van der Waals surface area contributed by atoms with Crippen LogP contribution in [0.1, 0.15) is 45.4 Å². The lowest BCUT2D eigenvalue weighted by Crippen LogP contribution is -2.37. The van der Waals surface area contributed by atoms with Crippen LogP contribution in [0.3, 0.4) is 0 Å². The Morgan fingerprint density at radius 2 is 1.86 bits per heavy atom. The highest BCUT2D eigenvalue weighted by Gasteiger charge is 2.31. The summed E-state index contributed by atoms with van der Waals surface area (Å²) >= 11 is 0. The third-order valence-corrected chi connectivity index (χ3v) is 5.52. The number of hydrogen-bond donors (Lipinski definition) is 1. The van der Waals surface area contributed by atoms with E-state index >= 15 is 0 Å². The molecule has 0 spiro atoms. The van der Waals surface area contributed by atoms with Gasteiger partial charge in [-0.15, -0.1) is 4.57 Å². The van der Waals surface area contributed by atoms with Gasteiger partial charge in [-0.3, -0.25) is 4.79 Å². The Labute approximate surface area is 208 Å². The second-order valence-electron chi connectivity index (χ2n) is 9.57. The SMILES string of the molecule is CC(=O)Oc1c2c(c3ccccc3c1OC(=O)C(N)Cc1c[nH+]cn1C(=O)OC(C)(C)C)OCCC2. The second-order valence-corrected chi connectivity index (χ2v) is 9.57. The molecule has 1 aromatic heterocycles. The molecule has 2 heterocycles. The summed E-state index contributed by atoms with van der Waals surface area (Å²) in [6.07, 6.45) is 3.71. The number of H-pyrrole nitrogens is 1. The lowest BCUT2D eigenvalue weighted by Gasteiger charge is -2.24. The third kappa shape index (κ3) is 5.33. The van der Waals surface area contributed by atoms with E-state index in [0.717, 1.165) is 11.8 Å². The van der Waals surface area contributed by atoms with Crippen molar-refractivity contribution in [1.82, 2.24) is 4.57 Å². The molecule has 190 valence electrons. The number of rotatable bonds is 5. The Kier molecular flexibility index (Phi) is 6.98. The average Bonchev–Trinajstić information content (AvgIpc) is 3.28. The van der Waals surface area contributed by atoms with E-state index in [4.69, 9.17) is 24.7 Å². The van der Waals surface area contributed by atoms with Gasteiger partial charge in [0, 0.05) is 29.7 Å². The first-order chi connectivity index (χ1) is 17.0. The molecule has 0 saturated heterocycles. The maximum absolute atomic E-state index is 13.1. The van der Waals surface area contributed by atoms with Gasteiger partial charge in [0.05, 0.1) is 6.61 Å². The molecule has 0 radical (unpaired) electrons. The van der Waals surface area contributed by atoms with E-state index in [1.807, 2.05) is 12.1 Å². The van der Waals surface area contributed by atoms with Crippen LogP contribution in [0.25, 0.3) is 10.8 Å². The van der Waals surface area contributed by atoms with Crippen LogP contribution < -0.4 is 24.9 Å². The summed E-state index contributed by atoms with van der Waals surface area (Å²) in [6, 6.07) is 6.14. The van der Waals surface area contributed by atoms with Crippen LogP contribution in [0.5, 0.6) is 17.2 Å². The first-order valence-electron chi connectivity index (χ1n) is 11.7. The van der Waals surface area contributed by atoms with Gasteiger partial charge in [0.2, 0.25) is 0 Å². The third-order valence-electron chi connectivity index (χ3n) is 5.52. The molecule has 1 aliphatic rings. The number of carbonyl (C=O) groups excluding carboxylic acids is 3. The molecule has 0 fully saturated rings. The van der Waals surface area contributed by atoms with E-state index in [9.17, 15) is 14.4 Å². The van der Waals surface area contributed by atoms with Crippen molar-refractivity contribution in [3.05, 3.63) is 48.0 Å². The first kappa shape index (κ1) is 25.2. The molecule has 4 rings (SSSR count). The van der Waals surface area contributed by atoms with Crippen LogP contribution in [0.15, 0.2) is 36.8 Å². The molecule has 2 aromatic carbocycles. The van der Waals surface area contributed by atoms with Crippen LogP contribution in [-0.4, -0.2) is 40.8 Å². The Hall–Kier alpha value is -3.92. The topological polar surface area (TPSA) is 133 Å². The predicted molar refractivity (Wildman–Crippen MR) is 129 cm³/mol. The number of nitrogens with two attached hydrogens (primary N) is 1. The number of imidazole rings is 1. The van der Waals surface area contributed by atoms with E-state index in [-0.39, 0.29) is 17.9 Å². The summed E-state index contributed by atoms with van der Waals surface area (Å²) in [7, 11) is 0. The highest BCUT2D eigenvalue weighted by molar-refractivity contribution is 6.00. The smallest absolute Gasteiger partial charge is 0.492 e. The lowest BCUT2D eigenvalue weighted by molar-refractivity contribution is -0.377. The number of carbonyl (C=O) groups is 3. The quantitative estimate of drug-likeness (QED) is 0.421. The van der Waals surface area contributed by atoms with E-state index in [1.54, 1.807) is 39.1 Å². The maximum atomic E-state index is 13.1. The number of ether oxygens (including phenoxy) is 4. The van der Waals surface area contributed by atoms with Crippen molar-refractivity contribution in [2.75, 3.05) is 6.61 Å². The molecule has 0 amide bonds. The minimum atomic E-state index is -1.12. The molecule has 10 heteroatoms. The molecule has 10 nitrogen and oxygen atoms in total. The number of esters is 2. The Bertz CT molecular complexity index is 1320. The van der Waals surface area contributed by atoms with Crippen LogP contribution in [0, 0.1) is 0 Å². The number of hydrogen-bond acceptors (Lipinski definition) is 8. The number of aromatic amines is 1. The largest absolute Gasteiger partial charge is 0.512 e. The fourth-order valence-electron chi connectivity index (χ4n) is 4.06. The van der Waals surface area contributed by atoms with E-state index in [2.05, 4.69) is 4.98 Å². The summed E-state index contributed by atoms with van der Waals surface area (Å²) < 4.78 is 23.9. The predicted octanol–water partition coefficient (Wildman–Crippen LogP) is 2.96. The van der Waals surface area contributed by atoms with Crippen molar-refractivity contribution in [2.45, 2.75) is 58.6 Å². The van der Waals surface area contributed by atoms with Gasteiger partial charge in [-0.1, -0.05) is 24.3 Å². The Morgan fingerprint density at radius 3 is 2.56 bits per heavy atom. The standard InChI is InChI=1S/C26H29N3O7/c1-15(30)34-23-19-10-7-11-33-21(19)17-8-5-6-9-18(17)22(23)35-24(31)20(27)12-16-13-28-14-29(16)25(32)36-26(2,3)4/h5-6,8-9,13-14,20H,7,10-12,27H2,1-4H3/p+1. The zero-order valence-corrected chi connectivity index (χ0v) is 20.8. The van der Waals surface area contributed by atoms with Gasteiger partial charge in [0.1, 0.15) is 23.6 Å².